The maximum absolute atomic E-state index is 2.70. The molecule has 0 heteroatoms. The molecule has 0 nitrogen and oxygen atoms in total. The second-order valence-corrected chi connectivity index (χ2v) is 7.65. The lowest BCUT2D eigenvalue weighted by Gasteiger charge is -2.62. The van der Waals surface area contributed by atoms with Gasteiger partial charge in [0.25, 0.3) is 0 Å². The molecule has 5 rings (SSSR count). The average molecular weight is 218 g/mol. The van der Waals surface area contributed by atoms with Crippen LogP contribution in [-0.2, 0) is 0 Å². The molecule has 0 heterocycles. The summed E-state index contributed by atoms with van der Waals surface area (Å²) in [5, 5.41) is 0. The molecule has 0 amide bonds. The Hall–Kier alpha value is 0. The van der Waals surface area contributed by atoms with Crippen LogP contribution in [0.2, 0.25) is 0 Å². The molecule has 0 aromatic carbocycles. The molecule has 5 aliphatic carbocycles. The molecule has 0 aliphatic heterocycles. The molecule has 90 valence electrons. The van der Waals surface area contributed by atoms with E-state index in [0.717, 1.165) is 35.0 Å². The zero-order valence-corrected chi connectivity index (χ0v) is 10.8. The molecular formula is C16H26. The third-order valence-corrected chi connectivity index (χ3v) is 7.13. The van der Waals surface area contributed by atoms with Crippen LogP contribution in [0, 0.1) is 35.0 Å². The Labute approximate surface area is 100 Å². The quantitative estimate of drug-likeness (QED) is 0.601. The summed E-state index contributed by atoms with van der Waals surface area (Å²) in [5.74, 6) is 5.68. The van der Waals surface area contributed by atoms with Crippen LogP contribution in [0.5, 0.6) is 0 Å². The molecule has 16 heavy (non-hydrogen) atoms. The van der Waals surface area contributed by atoms with Gasteiger partial charge in [-0.25, -0.2) is 0 Å². The first-order valence-corrected chi connectivity index (χ1v) is 7.77. The first-order valence-electron chi connectivity index (χ1n) is 7.77. The topological polar surface area (TPSA) is 0 Å². The Morgan fingerprint density at radius 2 is 1.19 bits per heavy atom. The van der Waals surface area contributed by atoms with Gasteiger partial charge in [0.2, 0.25) is 0 Å². The van der Waals surface area contributed by atoms with Gasteiger partial charge in [-0.3, -0.25) is 0 Å². The van der Waals surface area contributed by atoms with E-state index in [2.05, 4.69) is 6.92 Å². The maximum atomic E-state index is 2.70. The summed E-state index contributed by atoms with van der Waals surface area (Å²) in [6.07, 6.45) is 14.3. The van der Waals surface area contributed by atoms with Crippen molar-refractivity contribution >= 4 is 0 Å². The zero-order chi connectivity index (χ0) is 10.8. The first-order chi connectivity index (χ1) is 7.77. The van der Waals surface area contributed by atoms with Crippen LogP contribution in [0.25, 0.3) is 0 Å². The smallest absolute Gasteiger partial charge is 0.0241 e. The van der Waals surface area contributed by atoms with Crippen LogP contribution in [0.1, 0.15) is 64.7 Å². The molecular weight excluding hydrogens is 192 g/mol. The highest BCUT2D eigenvalue weighted by Crippen LogP contribution is 2.66. The highest BCUT2D eigenvalue weighted by atomic mass is 14.6. The molecule has 0 aromatic rings. The van der Waals surface area contributed by atoms with Gasteiger partial charge in [0.15, 0.2) is 0 Å². The van der Waals surface area contributed by atoms with Crippen LogP contribution in [0.3, 0.4) is 0 Å². The van der Waals surface area contributed by atoms with E-state index in [0.29, 0.717) is 0 Å². The Bertz CT molecular complexity index is 256. The second kappa shape index (κ2) is 3.27. The van der Waals surface area contributed by atoms with Crippen molar-refractivity contribution in [2.45, 2.75) is 64.7 Å². The van der Waals surface area contributed by atoms with Gasteiger partial charge >= 0.3 is 0 Å². The standard InChI is InChI=1S/C16H26/c1-16(13-4-2-3-5-13)14-7-11-6-12(9-14)10-15(16)8-11/h11-15H,2-10H2,1H3. The van der Waals surface area contributed by atoms with Gasteiger partial charge in [-0.1, -0.05) is 19.8 Å². The van der Waals surface area contributed by atoms with E-state index in [1.165, 1.54) is 12.8 Å². The van der Waals surface area contributed by atoms with E-state index >= 15 is 0 Å². The summed E-state index contributed by atoms with van der Waals surface area (Å²) in [6, 6.07) is 0. The third-order valence-electron chi connectivity index (χ3n) is 7.13. The van der Waals surface area contributed by atoms with Gasteiger partial charge < -0.3 is 0 Å². The Morgan fingerprint density at radius 1 is 0.688 bits per heavy atom. The second-order valence-electron chi connectivity index (χ2n) is 7.65. The predicted molar refractivity (Wildman–Crippen MR) is 67.1 cm³/mol. The first kappa shape index (κ1) is 9.97. The van der Waals surface area contributed by atoms with Crippen molar-refractivity contribution in [2.75, 3.05) is 0 Å². The fourth-order valence-electron chi connectivity index (χ4n) is 6.41. The van der Waals surface area contributed by atoms with Gasteiger partial charge in [-0.05, 0) is 80.0 Å². The lowest BCUT2D eigenvalue weighted by molar-refractivity contribution is -0.128. The van der Waals surface area contributed by atoms with Crippen molar-refractivity contribution in [2.24, 2.45) is 35.0 Å². The largest absolute Gasteiger partial charge is 0.0588 e. The third kappa shape index (κ3) is 1.17. The van der Waals surface area contributed by atoms with Crippen molar-refractivity contribution in [1.82, 2.24) is 0 Å². The minimum absolute atomic E-state index is 0.782. The summed E-state index contributed by atoms with van der Waals surface area (Å²) in [6.45, 7) is 2.70. The molecule has 0 spiro atoms. The lowest BCUT2D eigenvalue weighted by atomic mass is 9.43. The van der Waals surface area contributed by atoms with Gasteiger partial charge in [0, 0.05) is 0 Å². The van der Waals surface area contributed by atoms with Crippen molar-refractivity contribution < 1.29 is 0 Å². The molecule has 5 saturated carbocycles. The highest BCUT2D eigenvalue weighted by Gasteiger charge is 2.57. The Kier molecular flexibility index (Phi) is 2.04. The zero-order valence-electron chi connectivity index (χ0n) is 10.8. The fourth-order valence-corrected chi connectivity index (χ4v) is 6.41. The molecule has 0 unspecified atom stereocenters. The molecule has 4 bridgehead atoms. The monoisotopic (exact) mass is 218 g/mol. The van der Waals surface area contributed by atoms with E-state index < -0.39 is 0 Å². The van der Waals surface area contributed by atoms with Gasteiger partial charge in [-0.15, -0.1) is 0 Å². The van der Waals surface area contributed by atoms with Crippen molar-refractivity contribution in [3.05, 3.63) is 0 Å². The summed E-state index contributed by atoms with van der Waals surface area (Å²) in [4.78, 5) is 0. The van der Waals surface area contributed by atoms with Crippen LogP contribution < -0.4 is 0 Å². The van der Waals surface area contributed by atoms with E-state index in [-0.39, 0.29) is 0 Å². The summed E-state index contributed by atoms with van der Waals surface area (Å²) < 4.78 is 0. The average Bonchev–Trinajstić information content (AvgIpc) is 2.78. The maximum Gasteiger partial charge on any atom is -0.0241 e. The van der Waals surface area contributed by atoms with Gasteiger partial charge in [-0.2, -0.15) is 0 Å². The normalized spacial score (nSPS) is 56.1. The van der Waals surface area contributed by atoms with E-state index in [4.69, 9.17) is 0 Å². The molecule has 0 saturated heterocycles. The minimum Gasteiger partial charge on any atom is -0.0588 e. The molecule has 5 fully saturated rings. The van der Waals surface area contributed by atoms with E-state index in [9.17, 15) is 0 Å². The number of hydrogen-bond acceptors (Lipinski definition) is 0. The van der Waals surface area contributed by atoms with Gasteiger partial charge in [0.1, 0.15) is 0 Å². The Morgan fingerprint density at radius 3 is 1.69 bits per heavy atom. The van der Waals surface area contributed by atoms with Crippen LogP contribution in [-0.4, -0.2) is 0 Å². The van der Waals surface area contributed by atoms with Crippen molar-refractivity contribution in [3.8, 4) is 0 Å². The van der Waals surface area contributed by atoms with Crippen LogP contribution in [0.15, 0.2) is 0 Å². The van der Waals surface area contributed by atoms with Gasteiger partial charge in [0.05, 0.1) is 0 Å². The van der Waals surface area contributed by atoms with Crippen LogP contribution >= 0.6 is 0 Å². The molecule has 0 atom stereocenters. The lowest BCUT2D eigenvalue weighted by Crippen LogP contribution is -2.54. The van der Waals surface area contributed by atoms with E-state index in [1.807, 2.05) is 0 Å². The van der Waals surface area contributed by atoms with Crippen molar-refractivity contribution in [1.29, 1.82) is 0 Å². The molecule has 0 N–H and O–H groups in total. The molecule has 0 radical (unpaired) electrons. The summed E-state index contributed by atoms with van der Waals surface area (Å²) in [5.41, 5.74) is 0.782. The number of rotatable bonds is 1. The summed E-state index contributed by atoms with van der Waals surface area (Å²) >= 11 is 0. The molecule has 0 aromatic heterocycles. The SMILES string of the molecule is CC1(C2CCCC2)C2CC3CC(C2)CC1C3. The van der Waals surface area contributed by atoms with E-state index in [1.54, 1.807) is 44.9 Å². The summed E-state index contributed by atoms with van der Waals surface area (Å²) in [7, 11) is 0. The fraction of sp³-hybridized carbons (Fsp3) is 1.00. The van der Waals surface area contributed by atoms with Crippen molar-refractivity contribution in [3.63, 3.8) is 0 Å². The Balaban J connectivity index is 1.67. The minimum atomic E-state index is 0.782. The number of hydrogen-bond donors (Lipinski definition) is 0. The molecule has 5 aliphatic rings. The predicted octanol–water partition coefficient (Wildman–Crippen LogP) is 4.64. The highest BCUT2D eigenvalue weighted by molar-refractivity contribution is 5.06. The van der Waals surface area contributed by atoms with Crippen LogP contribution in [0.4, 0.5) is 0 Å².